The maximum absolute atomic E-state index is 13.7. The zero-order valence-corrected chi connectivity index (χ0v) is 16.6. The minimum Gasteiger partial charge on any atom is -0.497 e. The molecule has 1 aromatic heterocycles. The number of halogens is 1. The number of anilines is 2. The predicted octanol–water partition coefficient (Wildman–Crippen LogP) is 5.00. The smallest absolute Gasteiger partial charge is 0.272 e. The molecule has 2 heterocycles. The highest BCUT2D eigenvalue weighted by Crippen LogP contribution is 2.30. The second-order valence-electron chi connectivity index (χ2n) is 7.55. The van der Waals surface area contributed by atoms with Gasteiger partial charge in [-0.25, -0.2) is 9.37 Å². The molecule has 0 saturated carbocycles. The lowest BCUT2D eigenvalue weighted by Crippen LogP contribution is -2.38. The Kier molecular flexibility index (Phi) is 5.34. The lowest BCUT2D eigenvalue weighted by Gasteiger charge is -2.30. The van der Waals surface area contributed by atoms with Crippen molar-refractivity contribution in [3.8, 4) is 5.75 Å². The van der Waals surface area contributed by atoms with Crippen LogP contribution in [0.1, 0.15) is 30.3 Å². The van der Waals surface area contributed by atoms with Crippen LogP contribution in [0.5, 0.6) is 5.75 Å². The van der Waals surface area contributed by atoms with E-state index >= 15 is 0 Å². The molecule has 4 rings (SSSR count). The number of carbonyl (C=O) groups excluding carboxylic acids is 1. The molecule has 1 fully saturated rings. The van der Waals surface area contributed by atoms with Crippen LogP contribution in [0, 0.1) is 11.7 Å². The monoisotopic (exact) mass is 393 g/mol. The molecule has 0 unspecified atom stereocenters. The number of methoxy groups -OCH3 is 1. The molecular formula is C23H24FN3O2. The van der Waals surface area contributed by atoms with Gasteiger partial charge in [0.25, 0.3) is 5.91 Å². The van der Waals surface area contributed by atoms with E-state index < -0.39 is 0 Å². The topological polar surface area (TPSA) is 54.5 Å². The van der Waals surface area contributed by atoms with Crippen LogP contribution in [0.4, 0.5) is 15.8 Å². The maximum atomic E-state index is 13.7. The van der Waals surface area contributed by atoms with Gasteiger partial charge in [0.15, 0.2) is 0 Å². The van der Waals surface area contributed by atoms with Gasteiger partial charge in [-0.2, -0.15) is 0 Å². The number of aromatic nitrogens is 1. The third-order valence-corrected chi connectivity index (χ3v) is 5.41. The summed E-state index contributed by atoms with van der Waals surface area (Å²) in [7, 11) is 1.60. The number of hydrogen-bond donors (Lipinski definition) is 1. The van der Waals surface area contributed by atoms with Crippen LogP contribution in [0.25, 0.3) is 10.9 Å². The normalized spacial score (nSPS) is 14.8. The molecule has 0 spiro atoms. The zero-order valence-electron chi connectivity index (χ0n) is 16.6. The molecule has 0 radical (unpaired) electrons. The van der Waals surface area contributed by atoms with E-state index in [1.807, 2.05) is 23.1 Å². The van der Waals surface area contributed by atoms with Gasteiger partial charge in [0.2, 0.25) is 0 Å². The van der Waals surface area contributed by atoms with Crippen molar-refractivity contribution in [3.63, 3.8) is 0 Å². The van der Waals surface area contributed by atoms with Crippen molar-refractivity contribution in [1.29, 1.82) is 0 Å². The van der Waals surface area contributed by atoms with Crippen LogP contribution in [-0.2, 0) is 0 Å². The van der Waals surface area contributed by atoms with E-state index in [9.17, 15) is 9.18 Å². The minimum absolute atomic E-state index is 0.0723. The Morgan fingerprint density at radius 3 is 2.69 bits per heavy atom. The van der Waals surface area contributed by atoms with E-state index in [0.29, 0.717) is 34.3 Å². The second-order valence-corrected chi connectivity index (χ2v) is 7.55. The first kappa shape index (κ1) is 19.2. The fourth-order valence-electron chi connectivity index (χ4n) is 3.64. The van der Waals surface area contributed by atoms with Crippen molar-refractivity contribution < 1.29 is 13.9 Å². The number of nitrogens with zero attached hydrogens (tertiary/aromatic N) is 2. The Hall–Kier alpha value is -3.15. The summed E-state index contributed by atoms with van der Waals surface area (Å²) in [5.74, 6) is 0.925. The van der Waals surface area contributed by atoms with Crippen molar-refractivity contribution in [3.05, 3.63) is 60.0 Å². The summed E-state index contributed by atoms with van der Waals surface area (Å²) in [5.41, 5.74) is 2.36. The molecule has 6 heteroatoms. The average Bonchev–Trinajstić information content (AvgIpc) is 2.73. The number of amides is 1. The van der Waals surface area contributed by atoms with Crippen LogP contribution in [0.15, 0.2) is 48.5 Å². The highest BCUT2D eigenvalue weighted by atomic mass is 19.1. The molecule has 0 aliphatic carbocycles. The van der Waals surface area contributed by atoms with Crippen LogP contribution in [0.3, 0.4) is 0 Å². The summed E-state index contributed by atoms with van der Waals surface area (Å²) in [6.45, 7) is 3.70. The van der Waals surface area contributed by atoms with Crippen molar-refractivity contribution in [2.75, 3.05) is 25.5 Å². The lowest BCUT2D eigenvalue weighted by molar-refractivity contribution is 0.0691. The van der Waals surface area contributed by atoms with Crippen LogP contribution in [0.2, 0.25) is 0 Å². The van der Waals surface area contributed by atoms with Gasteiger partial charge < -0.3 is 15.0 Å². The summed E-state index contributed by atoms with van der Waals surface area (Å²) in [6.07, 6.45) is 2.01. The SMILES string of the molecule is COc1ccc2nc(C(=O)N3CCC(C)CC3)cc(Nc3cccc(F)c3)c2c1. The summed E-state index contributed by atoms with van der Waals surface area (Å²) in [5, 5.41) is 4.04. The first-order valence-electron chi connectivity index (χ1n) is 9.84. The Bertz CT molecular complexity index is 1050. The Morgan fingerprint density at radius 2 is 1.97 bits per heavy atom. The Morgan fingerprint density at radius 1 is 1.17 bits per heavy atom. The van der Waals surface area contributed by atoms with Gasteiger partial charge in [0.05, 0.1) is 18.3 Å². The van der Waals surface area contributed by atoms with E-state index in [0.717, 1.165) is 31.3 Å². The summed E-state index contributed by atoms with van der Waals surface area (Å²) in [6, 6.07) is 13.5. The van der Waals surface area contributed by atoms with Gasteiger partial charge in [-0.3, -0.25) is 4.79 Å². The number of piperidine rings is 1. The van der Waals surface area contributed by atoms with Crippen LogP contribution in [-0.4, -0.2) is 36.0 Å². The number of benzene rings is 2. The summed E-state index contributed by atoms with van der Waals surface area (Å²) < 4.78 is 19.0. The fourth-order valence-corrected chi connectivity index (χ4v) is 3.64. The van der Waals surface area contributed by atoms with E-state index in [-0.39, 0.29) is 11.7 Å². The van der Waals surface area contributed by atoms with E-state index in [2.05, 4.69) is 17.2 Å². The van der Waals surface area contributed by atoms with E-state index in [1.165, 1.54) is 12.1 Å². The van der Waals surface area contributed by atoms with Crippen molar-refractivity contribution in [2.24, 2.45) is 5.92 Å². The third kappa shape index (κ3) is 4.16. The molecule has 0 atom stereocenters. The highest BCUT2D eigenvalue weighted by molar-refractivity contribution is 6.01. The van der Waals surface area contributed by atoms with Gasteiger partial charge in [-0.1, -0.05) is 13.0 Å². The minimum atomic E-state index is -0.329. The van der Waals surface area contributed by atoms with Crippen molar-refractivity contribution in [2.45, 2.75) is 19.8 Å². The predicted molar refractivity (Wildman–Crippen MR) is 112 cm³/mol. The van der Waals surface area contributed by atoms with Crippen LogP contribution >= 0.6 is 0 Å². The quantitative estimate of drug-likeness (QED) is 0.678. The van der Waals surface area contributed by atoms with Crippen molar-refractivity contribution in [1.82, 2.24) is 9.88 Å². The first-order chi connectivity index (χ1) is 14.0. The number of carbonyl (C=O) groups is 1. The molecule has 1 N–H and O–H groups in total. The van der Waals surface area contributed by atoms with Gasteiger partial charge in [-0.05, 0) is 61.2 Å². The summed E-state index contributed by atoms with van der Waals surface area (Å²) >= 11 is 0. The van der Waals surface area contributed by atoms with E-state index in [4.69, 9.17) is 4.74 Å². The average molecular weight is 393 g/mol. The number of ether oxygens (including phenoxy) is 1. The van der Waals surface area contributed by atoms with Gasteiger partial charge in [0.1, 0.15) is 17.3 Å². The number of hydrogen-bond acceptors (Lipinski definition) is 4. The molecule has 3 aromatic rings. The standard InChI is InChI=1S/C23H24FN3O2/c1-15-8-10-27(11-9-15)23(28)22-14-21(25-17-5-3-4-16(24)12-17)19-13-18(29-2)6-7-20(19)26-22/h3-7,12-15H,8-11H2,1-2H3,(H,25,26). The Balaban J connectivity index is 1.75. The molecule has 1 aliphatic heterocycles. The molecule has 1 amide bonds. The zero-order chi connectivity index (χ0) is 20.4. The van der Waals surface area contributed by atoms with Gasteiger partial charge >= 0.3 is 0 Å². The molecule has 0 bridgehead atoms. The maximum Gasteiger partial charge on any atom is 0.272 e. The van der Waals surface area contributed by atoms with Gasteiger partial charge in [-0.15, -0.1) is 0 Å². The fraction of sp³-hybridized carbons (Fsp3) is 0.304. The van der Waals surface area contributed by atoms with Gasteiger partial charge in [0, 0.05) is 24.2 Å². The number of fused-ring (bicyclic) bond motifs is 1. The molecule has 150 valence electrons. The number of rotatable bonds is 4. The molecule has 2 aromatic carbocycles. The third-order valence-electron chi connectivity index (χ3n) is 5.41. The first-order valence-corrected chi connectivity index (χ1v) is 9.84. The largest absolute Gasteiger partial charge is 0.497 e. The highest BCUT2D eigenvalue weighted by Gasteiger charge is 2.23. The van der Waals surface area contributed by atoms with E-state index in [1.54, 1.807) is 25.3 Å². The van der Waals surface area contributed by atoms with Crippen LogP contribution < -0.4 is 10.1 Å². The molecule has 1 saturated heterocycles. The number of pyridine rings is 1. The molecule has 29 heavy (non-hydrogen) atoms. The molecular weight excluding hydrogens is 369 g/mol. The number of nitrogens with one attached hydrogen (secondary N) is 1. The molecule has 1 aliphatic rings. The summed E-state index contributed by atoms with van der Waals surface area (Å²) in [4.78, 5) is 19.6. The second kappa shape index (κ2) is 8.07. The number of likely N-dealkylation sites (tertiary alicyclic amines) is 1. The molecule has 5 nitrogen and oxygen atoms in total. The lowest BCUT2D eigenvalue weighted by atomic mass is 9.99. The Labute approximate surface area is 169 Å². The van der Waals surface area contributed by atoms with Crippen molar-refractivity contribution >= 4 is 28.2 Å².